The predicted octanol–water partition coefficient (Wildman–Crippen LogP) is 3.49. The normalized spacial score (nSPS) is 15.0. The van der Waals surface area contributed by atoms with E-state index in [1.807, 2.05) is 47.8 Å². The number of amides is 1. The van der Waals surface area contributed by atoms with Crippen molar-refractivity contribution in [1.82, 2.24) is 14.8 Å². The van der Waals surface area contributed by atoms with Crippen molar-refractivity contribution in [3.8, 4) is 22.1 Å². The zero-order valence-electron chi connectivity index (χ0n) is 17.2. The highest BCUT2D eigenvalue weighted by Crippen LogP contribution is 2.32. The Morgan fingerprint density at radius 2 is 1.88 bits per heavy atom. The van der Waals surface area contributed by atoms with Crippen molar-refractivity contribution in [2.45, 2.75) is 6.42 Å². The van der Waals surface area contributed by atoms with Gasteiger partial charge in [0.15, 0.2) is 5.82 Å². The zero-order valence-corrected chi connectivity index (χ0v) is 18.9. The SMILES string of the molecule is O=C(Nc1cc(N2CCCS2(=O)=O)ccc1O)c1nc(-c2cccs2)n(-c2ccccc2)n1. The molecule has 0 radical (unpaired) electrons. The monoisotopic (exact) mass is 481 g/mol. The van der Waals surface area contributed by atoms with Gasteiger partial charge in [-0.05, 0) is 48.2 Å². The van der Waals surface area contributed by atoms with Crippen LogP contribution >= 0.6 is 11.3 Å². The summed E-state index contributed by atoms with van der Waals surface area (Å²) in [6, 6.07) is 17.4. The number of phenols is 1. The van der Waals surface area contributed by atoms with E-state index in [1.54, 1.807) is 4.68 Å². The summed E-state index contributed by atoms with van der Waals surface area (Å²) in [6.45, 7) is 0.355. The van der Waals surface area contributed by atoms with E-state index in [4.69, 9.17) is 0 Å². The van der Waals surface area contributed by atoms with Gasteiger partial charge in [0.2, 0.25) is 15.8 Å². The fraction of sp³-hybridized carbons (Fsp3) is 0.136. The molecule has 0 spiro atoms. The number of aromatic hydroxyl groups is 1. The van der Waals surface area contributed by atoms with Crippen LogP contribution in [0.3, 0.4) is 0 Å². The lowest BCUT2D eigenvalue weighted by Gasteiger charge is -2.18. The van der Waals surface area contributed by atoms with Crippen molar-refractivity contribution in [3.05, 3.63) is 71.9 Å². The molecular weight excluding hydrogens is 462 g/mol. The van der Waals surface area contributed by atoms with Gasteiger partial charge in [-0.3, -0.25) is 9.10 Å². The third-order valence-electron chi connectivity index (χ3n) is 5.17. The number of carbonyl (C=O) groups is 1. The average molecular weight is 482 g/mol. The predicted molar refractivity (Wildman–Crippen MR) is 126 cm³/mol. The average Bonchev–Trinajstić information content (AvgIpc) is 3.55. The van der Waals surface area contributed by atoms with Gasteiger partial charge in [-0.1, -0.05) is 24.3 Å². The molecule has 5 rings (SSSR count). The number of nitrogens with zero attached hydrogens (tertiary/aromatic N) is 4. The minimum Gasteiger partial charge on any atom is -0.506 e. The van der Waals surface area contributed by atoms with E-state index in [-0.39, 0.29) is 23.0 Å². The molecule has 0 unspecified atom stereocenters. The first kappa shape index (κ1) is 21.2. The van der Waals surface area contributed by atoms with Gasteiger partial charge in [-0.2, -0.15) is 0 Å². The number of anilines is 2. The molecule has 1 amide bonds. The number of hydrogen-bond acceptors (Lipinski definition) is 7. The molecule has 2 aromatic carbocycles. The summed E-state index contributed by atoms with van der Waals surface area (Å²) in [5.41, 5.74) is 1.20. The molecule has 0 aliphatic carbocycles. The van der Waals surface area contributed by atoms with E-state index in [2.05, 4.69) is 15.4 Å². The van der Waals surface area contributed by atoms with Gasteiger partial charge in [-0.15, -0.1) is 16.4 Å². The maximum Gasteiger partial charge on any atom is 0.295 e. The second kappa shape index (κ2) is 8.34. The number of sulfonamides is 1. The van der Waals surface area contributed by atoms with Crippen LogP contribution in [0.4, 0.5) is 11.4 Å². The van der Waals surface area contributed by atoms with Crippen LogP contribution in [0.25, 0.3) is 16.4 Å². The van der Waals surface area contributed by atoms with Crippen LogP contribution in [0, 0.1) is 0 Å². The second-order valence-corrected chi connectivity index (χ2v) is 10.3. The molecule has 2 N–H and O–H groups in total. The van der Waals surface area contributed by atoms with Crippen molar-refractivity contribution in [2.75, 3.05) is 21.9 Å². The Labute approximate surface area is 194 Å². The Balaban J connectivity index is 1.48. The number of hydrogen-bond donors (Lipinski definition) is 2. The first-order valence-electron chi connectivity index (χ1n) is 10.1. The Hall–Kier alpha value is -3.70. The fourth-order valence-corrected chi connectivity index (χ4v) is 5.86. The number of phenolic OH excluding ortho intramolecular Hbond substituents is 1. The molecule has 1 aliphatic heterocycles. The van der Waals surface area contributed by atoms with E-state index in [1.165, 1.54) is 33.8 Å². The lowest BCUT2D eigenvalue weighted by molar-refractivity contribution is 0.101. The van der Waals surface area contributed by atoms with E-state index >= 15 is 0 Å². The van der Waals surface area contributed by atoms with Crippen LogP contribution in [0.15, 0.2) is 66.0 Å². The third-order valence-corrected chi connectivity index (χ3v) is 7.90. The number of para-hydroxylation sites is 1. The summed E-state index contributed by atoms with van der Waals surface area (Å²) < 4.78 is 27.4. The van der Waals surface area contributed by atoms with Crippen LogP contribution < -0.4 is 9.62 Å². The Morgan fingerprint density at radius 3 is 2.58 bits per heavy atom. The van der Waals surface area contributed by atoms with Crippen LogP contribution in [0.5, 0.6) is 5.75 Å². The van der Waals surface area contributed by atoms with Crippen molar-refractivity contribution in [3.63, 3.8) is 0 Å². The quantitative estimate of drug-likeness (QED) is 0.422. The molecule has 1 aliphatic rings. The maximum absolute atomic E-state index is 13.0. The van der Waals surface area contributed by atoms with Crippen molar-refractivity contribution >= 4 is 38.6 Å². The summed E-state index contributed by atoms with van der Waals surface area (Å²) in [5, 5.41) is 19.2. The van der Waals surface area contributed by atoms with Crippen molar-refractivity contribution in [1.29, 1.82) is 0 Å². The topological polar surface area (TPSA) is 117 Å². The van der Waals surface area contributed by atoms with Crippen LogP contribution in [0.2, 0.25) is 0 Å². The summed E-state index contributed by atoms with van der Waals surface area (Å²) in [4.78, 5) is 18.3. The van der Waals surface area contributed by atoms with E-state index in [9.17, 15) is 18.3 Å². The first-order chi connectivity index (χ1) is 15.9. The van der Waals surface area contributed by atoms with Crippen LogP contribution in [0.1, 0.15) is 17.0 Å². The minimum atomic E-state index is -3.40. The van der Waals surface area contributed by atoms with Gasteiger partial charge < -0.3 is 10.4 Å². The highest BCUT2D eigenvalue weighted by Gasteiger charge is 2.29. The van der Waals surface area contributed by atoms with E-state index < -0.39 is 15.9 Å². The molecule has 168 valence electrons. The Kier molecular flexibility index (Phi) is 5.35. The van der Waals surface area contributed by atoms with Crippen LogP contribution in [-0.2, 0) is 10.0 Å². The molecule has 1 fully saturated rings. The molecule has 3 heterocycles. The van der Waals surface area contributed by atoms with Gasteiger partial charge in [0.05, 0.1) is 27.7 Å². The molecule has 9 nitrogen and oxygen atoms in total. The maximum atomic E-state index is 13.0. The molecule has 1 saturated heterocycles. The number of aromatic nitrogens is 3. The number of nitrogens with one attached hydrogen (secondary N) is 1. The first-order valence-corrected chi connectivity index (χ1v) is 12.6. The molecule has 4 aromatic rings. The summed E-state index contributed by atoms with van der Waals surface area (Å²) in [5.74, 6) is -0.311. The van der Waals surface area contributed by atoms with Gasteiger partial charge >= 0.3 is 0 Å². The van der Waals surface area contributed by atoms with Gasteiger partial charge in [0.1, 0.15) is 5.75 Å². The Bertz CT molecular complexity index is 1420. The molecule has 0 saturated carbocycles. The lowest BCUT2D eigenvalue weighted by atomic mass is 10.2. The number of rotatable bonds is 5. The second-order valence-electron chi connectivity index (χ2n) is 7.38. The van der Waals surface area contributed by atoms with Gasteiger partial charge in [0.25, 0.3) is 5.91 Å². The minimum absolute atomic E-state index is 0.0713. The van der Waals surface area contributed by atoms with Gasteiger partial charge in [0, 0.05) is 6.54 Å². The molecule has 0 bridgehead atoms. The zero-order chi connectivity index (χ0) is 23.0. The molecule has 11 heteroatoms. The number of thiophene rings is 1. The molecular formula is C22H19N5O4S2. The summed E-state index contributed by atoms with van der Waals surface area (Å²) in [7, 11) is -3.40. The highest BCUT2D eigenvalue weighted by molar-refractivity contribution is 7.93. The van der Waals surface area contributed by atoms with Crippen molar-refractivity contribution < 1.29 is 18.3 Å². The van der Waals surface area contributed by atoms with E-state index in [0.717, 1.165) is 10.6 Å². The van der Waals surface area contributed by atoms with E-state index in [0.29, 0.717) is 24.5 Å². The summed E-state index contributed by atoms with van der Waals surface area (Å²) >= 11 is 1.47. The van der Waals surface area contributed by atoms with Crippen molar-refractivity contribution in [2.24, 2.45) is 0 Å². The summed E-state index contributed by atoms with van der Waals surface area (Å²) in [6.07, 6.45) is 0.525. The van der Waals surface area contributed by atoms with Crippen LogP contribution in [-0.4, -0.2) is 46.5 Å². The Morgan fingerprint density at radius 1 is 1.06 bits per heavy atom. The number of benzene rings is 2. The molecule has 0 atom stereocenters. The lowest BCUT2D eigenvalue weighted by Crippen LogP contribution is -2.25. The molecule has 2 aromatic heterocycles. The standard InChI is InChI=1S/C22H19N5O4S2/c28-18-10-9-16(26-11-5-13-33(26,30)31)14-17(18)23-22(29)20-24-21(19-8-4-12-32-19)27(25-20)15-6-2-1-3-7-15/h1-4,6-10,12,14,28H,5,11,13H2,(H,23,29). The highest BCUT2D eigenvalue weighted by atomic mass is 32.2. The van der Waals surface area contributed by atoms with Gasteiger partial charge in [-0.25, -0.2) is 18.1 Å². The smallest absolute Gasteiger partial charge is 0.295 e. The molecule has 33 heavy (non-hydrogen) atoms. The largest absolute Gasteiger partial charge is 0.506 e. The fourth-order valence-electron chi connectivity index (χ4n) is 3.61. The number of carbonyl (C=O) groups excluding carboxylic acids is 1. The third kappa shape index (κ3) is 4.08.